The second kappa shape index (κ2) is 7.23. The Balaban J connectivity index is 1.90. The van der Waals surface area contributed by atoms with Crippen LogP contribution in [0.3, 0.4) is 0 Å². The monoisotopic (exact) mass is 330 g/mol. The number of aromatic nitrogens is 1. The summed E-state index contributed by atoms with van der Waals surface area (Å²) < 4.78 is 2.20. The van der Waals surface area contributed by atoms with E-state index in [-0.39, 0.29) is 6.04 Å². The van der Waals surface area contributed by atoms with Crippen molar-refractivity contribution >= 4 is 10.9 Å². The van der Waals surface area contributed by atoms with Crippen molar-refractivity contribution in [3.05, 3.63) is 35.5 Å². The molecule has 0 spiro atoms. The summed E-state index contributed by atoms with van der Waals surface area (Å²) in [5.74, 6) is 0.761. The highest BCUT2D eigenvalue weighted by atomic mass is 16.3. The zero-order valence-corrected chi connectivity index (χ0v) is 14.8. The lowest BCUT2D eigenvalue weighted by atomic mass is 9.99. The van der Waals surface area contributed by atoms with Crippen LogP contribution in [0.25, 0.3) is 10.9 Å². The van der Waals surface area contributed by atoms with Gasteiger partial charge in [0.15, 0.2) is 0 Å². The predicted octanol–water partition coefficient (Wildman–Crippen LogP) is 1.96. The molecule has 1 saturated heterocycles. The summed E-state index contributed by atoms with van der Waals surface area (Å²) in [4.78, 5) is 2.19. The first-order valence-electron chi connectivity index (χ1n) is 8.98. The van der Waals surface area contributed by atoms with Gasteiger partial charge in [-0.05, 0) is 37.3 Å². The van der Waals surface area contributed by atoms with Crippen molar-refractivity contribution in [3.63, 3.8) is 0 Å². The van der Waals surface area contributed by atoms with E-state index < -0.39 is 6.23 Å². The van der Waals surface area contributed by atoms with Gasteiger partial charge in [-0.1, -0.05) is 25.1 Å². The molecule has 2 aromatic rings. The molecule has 2 atom stereocenters. The normalized spacial score (nSPS) is 19.7. The average Bonchev–Trinajstić information content (AvgIpc) is 2.87. The quantitative estimate of drug-likeness (QED) is 0.783. The lowest BCUT2D eigenvalue weighted by Crippen LogP contribution is -2.43. The Bertz CT molecular complexity index is 688. The molecule has 5 heteroatoms. The first kappa shape index (κ1) is 17.4. The Morgan fingerprint density at radius 3 is 2.58 bits per heavy atom. The van der Waals surface area contributed by atoms with Crippen molar-refractivity contribution in [2.24, 2.45) is 17.4 Å². The fourth-order valence-corrected chi connectivity index (χ4v) is 3.88. The SMILES string of the molecule is Cc1c(C(N)CN)c2ccccc2n1CC(O)N1CCC(C)CC1. The molecule has 0 bridgehead atoms. The third kappa shape index (κ3) is 3.22. The standard InChI is InChI=1S/C19H30N4O/c1-13-7-9-22(10-8-13)18(24)12-23-14(2)19(16(21)11-20)15-5-3-4-6-17(15)23/h3-6,13,16,18,24H,7-12,20-21H2,1-2H3. The van der Waals surface area contributed by atoms with E-state index in [9.17, 15) is 5.11 Å². The molecular formula is C19H30N4O. The van der Waals surface area contributed by atoms with Crippen molar-refractivity contribution < 1.29 is 5.11 Å². The Kier molecular flexibility index (Phi) is 5.25. The Labute approximate surface area is 144 Å². The summed E-state index contributed by atoms with van der Waals surface area (Å²) in [6.07, 6.45) is 1.85. The summed E-state index contributed by atoms with van der Waals surface area (Å²) in [5, 5.41) is 11.9. The molecule has 5 N–H and O–H groups in total. The first-order chi connectivity index (χ1) is 11.5. The molecule has 2 unspecified atom stereocenters. The zero-order chi connectivity index (χ0) is 17.3. The molecular weight excluding hydrogens is 300 g/mol. The fourth-order valence-electron chi connectivity index (χ4n) is 3.88. The van der Waals surface area contributed by atoms with E-state index in [1.54, 1.807) is 0 Å². The van der Waals surface area contributed by atoms with Gasteiger partial charge in [0.1, 0.15) is 6.23 Å². The Morgan fingerprint density at radius 2 is 1.92 bits per heavy atom. The molecule has 1 fully saturated rings. The van der Waals surface area contributed by atoms with Crippen molar-refractivity contribution in [2.75, 3.05) is 19.6 Å². The van der Waals surface area contributed by atoms with Crippen LogP contribution >= 0.6 is 0 Å². The van der Waals surface area contributed by atoms with E-state index in [1.165, 1.54) is 0 Å². The summed E-state index contributed by atoms with van der Waals surface area (Å²) in [6, 6.07) is 8.08. The topological polar surface area (TPSA) is 80.4 Å². The lowest BCUT2D eigenvalue weighted by Gasteiger charge is -2.34. The fraction of sp³-hybridized carbons (Fsp3) is 0.579. The number of likely N-dealkylation sites (tertiary alicyclic amines) is 1. The number of rotatable bonds is 5. The first-order valence-corrected chi connectivity index (χ1v) is 8.98. The van der Waals surface area contributed by atoms with Crippen LogP contribution in [-0.4, -0.2) is 40.4 Å². The van der Waals surface area contributed by atoms with E-state index in [0.29, 0.717) is 13.1 Å². The minimum atomic E-state index is -0.464. The maximum absolute atomic E-state index is 10.8. The van der Waals surface area contributed by atoms with Gasteiger partial charge in [-0.3, -0.25) is 4.90 Å². The van der Waals surface area contributed by atoms with Crippen molar-refractivity contribution in [1.82, 2.24) is 9.47 Å². The summed E-state index contributed by atoms with van der Waals surface area (Å²) >= 11 is 0. The van der Waals surface area contributed by atoms with Gasteiger partial charge in [0.25, 0.3) is 0 Å². The highest BCUT2D eigenvalue weighted by Gasteiger charge is 2.24. The van der Waals surface area contributed by atoms with Crippen LogP contribution in [0.2, 0.25) is 0 Å². The van der Waals surface area contributed by atoms with Crippen LogP contribution < -0.4 is 11.5 Å². The van der Waals surface area contributed by atoms with Gasteiger partial charge in [0.2, 0.25) is 0 Å². The molecule has 1 aromatic carbocycles. The smallest absolute Gasteiger partial charge is 0.125 e. The van der Waals surface area contributed by atoms with Crippen LogP contribution in [0.15, 0.2) is 24.3 Å². The van der Waals surface area contributed by atoms with Gasteiger partial charge in [-0.15, -0.1) is 0 Å². The van der Waals surface area contributed by atoms with Gasteiger partial charge in [-0.25, -0.2) is 0 Å². The molecule has 3 rings (SSSR count). The largest absolute Gasteiger partial charge is 0.376 e. The highest BCUT2D eigenvalue weighted by molar-refractivity contribution is 5.86. The van der Waals surface area contributed by atoms with E-state index in [1.807, 2.05) is 12.1 Å². The van der Waals surface area contributed by atoms with E-state index in [4.69, 9.17) is 11.5 Å². The van der Waals surface area contributed by atoms with Gasteiger partial charge < -0.3 is 21.1 Å². The van der Waals surface area contributed by atoms with Crippen LogP contribution in [0.5, 0.6) is 0 Å². The molecule has 24 heavy (non-hydrogen) atoms. The third-order valence-electron chi connectivity index (χ3n) is 5.49. The molecule has 1 aliphatic heterocycles. The zero-order valence-electron chi connectivity index (χ0n) is 14.8. The molecule has 0 aliphatic carbocycles. The molecule has 0 radical (unpaired) electrons. The number of fused-ring (bicyclic) bond motifs is 1. The minimum absolute atomic E-state index is 0.177. The molecule has 1 aromatic heterocycles. The number of benzene rings is 1. The van der Waals surface area contributed by atoms with Crippen molar-refractivity contribution in [3.8, 4) is 0 Å². The van der Waals surface area contributed by atoms with Crippen LogP contribution in [0.1, 0.15) is 37.1 Å². The highest BCUT2D eigenvalue weighted by Crippen LogP contribution is 2.30. The van der Waals surface area contributed by atoms with E-state index in [0.717, 1.165) is 54.0 Å². The maximum atomic E-state index is 10.8. The summed E-state index contributed by atoms with van der Waals surface area (Å²) in [7, 11) is 0. The molecule has 1 aliphatic rings. The van der Waals surface area contributed by atoms with E-state index in [2.05, 4.69) is 35.4 Å². The summed E-state index contributed by atoms with van der Waals surface area (Å²) in [5.41, 5.74) is 15.4. The second-order valence-corrected chi connectivity index (χ2v) is 7.17. The number of nitrogens with two attached hydrogens (primary N) is 2. The number of nitrogens with zero attached hydrogens (tertiary/aromatic N) is 2. The molecule has 5 nitrogen and oxygen atoms in total. The van der Waals surface area contributed by atoms with Crippen molar-refractivity contribution in [2.45, 2.75) is 45.5 Å². The third-order valence-corrected chi connectivity index (χ3v) is 5.49. The van der Waals surface area contributed by atoms with Crippen molar-refractivity contribution in [1.29, 1.82) is 0 Å². The summed E-state index contributed by atoms with van der Waals surface area (Å²) in [6.45, 7) is 7.29. The van der Waals surface area contributed by atoms with Crippen LogP contribution in [0, 0.1) is 12.8 Å². The predicted molar refractivity (Wildman–Crippen MR) is 98.6 cm³/mol. The number of aliphatic hydroxyl groups is 1. The van der Waals surface area contributed by atoms with Gasteiger partial charge in [-0.2, -0.15) is 0 Å². The van der Waals surface area contributed by atoms with Crippen LogP contribution in [-0.2, 0) is 6.54 Å². The average molecular weight is 330 g/mol. The van der Waals surface area contributed by atoms with Crippen LogP contribution in [0.4, 0.5) is 0 Å². The molecule has 132 valence electrons. The number of para-hydroxylation sites is 1. The number of aliphatic hydroxyl groups excluding tert-OH is 1. The second-order valence-electron chi connectivity index (χ2n) is 7.17. The van der Waals surface area contributed by atoms with Gasteiger partial charge in [0.05, 0.1) is 6.54 Å². The lowest BCUT2D eigenvalue weighted by molar-refractivity contribution is -0.0256. The molecule has 2 heterocycles. The molecule has 0 saturated carbocycles. The minimum Gasteiger partial charge on any atom is -0.376 e. The Hall–Kier alpha value is -1.40. The van der Waals surface area contributed by atoms with Gasteiger partial charge >= 0.3 is 0 Å². The molecule has 0 amide bonds. The Morgan fingerprint density at radius 1 is 1.25 bits per heavy atom. The number of hydrogen-bond donors (Lipinski definition) is 3. The maximum Gasteiger partial charge on any atom is 0.125 e. The van der Waals surface area contributed by atoms with E-state index >= 15 is 0 Å². The number of piperidine rings is 1. The number of hydrogen-bond acceptors (Lipinski definition) is 4. The van der Waals surface area contributed by atoms with Gasteiger partial charge in [0, 0.05) is 42.3 Å².